The number of aryl methyl sites for hydroxylation is 2. The van der Waals surface area contributed by atoms with Gasteiger partial charge in [0.15, 0.2) is 0 Å². The van der Waals surface area contributed by atoms with Gasteiger partial charge in [0.2, 0.25) is 11.8 Å². The molecule has 0 aromatic carbocycles. The molecule has 7 nitrogen and oxygen atoms in total. The summed E-state index contributed by atoms with van der Waals surface area (Å²) in [4.78, 5) is 18.3. The number of hydrogen-bond acceptors (Lipinski definition) is 5. The van der Waals surface area contributed by atoms with Gasteiger partial charge >= 0.3 is 0 Å². The smallest absolute Gasteiger partial charge is 0.243 e. The zero-order valence-electron chi connectivity index (χ0n) is 12.1. The average molecular weight is 277 g/mol. The molecule has 0 radical (unpaired) electrons. The number of likely N-dealkylation sites (N-methyl/N-ethyl adjacent to an activating group) is 1. The minimum Gasteiger partial charge on any atom is -0.338 e. The quantitative estimate of drug-likeness (QED) is 0.888. The third-order valence-electron chi connectivity index (χ3n) is 3.23. The lowest BCUT2D eigenvalue weighted by Gasteiger charge is -2.22. The standard InChI is InChI=1S/C13H19N5O2/c1-9-7-12(20-16-9)15-13(19)10(2)18(4)8-11-14-5-6-17(11)3/h5-7,10H,8H2,1-4H3,(H,15,19). The maximum Gasteiger partial charge on any atom is 0.243 e. The van der Waals surface area contributed by atoms with Crippen LogP contribution >= 0.6 is 0 Å². The SMILES string of the molecule is Cc1cc(NC(=O)C(C)N(C)Cc2nccn2C)on1. The van der Waals surface area contributed by atoms with E-state index in [0.29, 0.717) is 12.4 Å². The minimum atomic E-state index is -0.308. The molecule has 0 aliphatic heterocycles. The molecule has 0 saturated carbocycles. The first-order valence-electron chi connectivity index (χ1n) is 6.38. The lowest BCUT2D eigenvalue weighted by molar-refractivity contribution is -0.120. The van der Waals surface area contributed by atoms with E-state index >= 15 is 0 Å². The van der Waals surface area contributed by atoms with Gasteiger partial charge in [0, 0.05) is 25.5 Å². The molecular weight excluding hydrogens is 258 g/mol. The highest BCUT2D eigenvalue weighted by Crippen LogP contribution is 2.11. The van der Waals surface area contributed by atoms with Crippen molar-refractivity contribution in [3.05, 3.63) is 30.0 Å². The molecule has 1 amide bonds. The van der Waals surface area contributed by atoms with Gasteiger partial charge in [-0.05, 0) is 20.9 Å². The van der Waals surface area contributed by atoms with Crippen molar-refractivity contribution in [3.63, 3.8) is 0 Å². The molecular formula is C13H19N5O2. The van der Waals surface area contributed by atoms with Crippen LogP contribution in [-0.4, -0.2) is 38.6 Å². The molecule has 7 heteroatoms. The Hall–Kier alpha value is -2.15. The molecule has 0 spiro atoms. The number of imidazole rings is 1. The van der Waals surface area contributed by atoms with Crippen LogP contribution in [0.15, 0.2) is 23.0 Å². The highest BCUT2D eigenvalue weighted by molar-refractivity contribution is 5.93. The van der Waals surface area contributed by atoms with Gasteiger partial charge in [0.25, 0.3) is 0 Å². The van der Waals surface area contributed by atoms with E-state index in [1.54, 1.807) is 19.2 Å². The molecule has 0 fully saturated rings. The van der Waals surface area contributed by atoms with Crippen LogP contribution in [0.4, 0.5) is 5.88 Å². The summed E-state index contributed by atoms with van der Waals surface area (Å²) in [5.74, 6) is 1.13. The molecule has 2 aromatic rings. The van der Waals surface area contributed by atoms with E-state index in [1.807, 2.05) is 36.7 Å². The van der Waals surface area contributed by atoms with E-state index in [-0.39, 0.29) is 11.9 Å². The molecule has 0 aliphatic carbocycles. The Morgan fingerprint density at radius 1 is 1.60 bits per heavy atom. The fourth-order valence-corrected chi connectivity index (χ4v) is 1.76. The van der Waals surface area contributed by atoms with Gasteiger partial charge in [0.1, 0.15) is 5.82 Å². The van der Waals surface area contributed by atoms with Crippen molar-refractivity contribution in [3.8, 4) is 0 Å². The zero-order chi connectivity index (χ0) is 14.7. The fourth-order valence-electron chi connectivity index (χ4n) is 1.76. The maximum atomic E-state index is 12.1. The molecule has 2 heterocycles. The van der Waals surface area contributed by atoms with Crippen LogP contribution in [0.2, 0.25) is 0 Å². The van der Waals surface area contributed by atoms with E-state index in [1.165, 1.54) is 0 Å². The Bertz CT molecular complexity index is 589. The van der Waals surface area contributed by atoms with E-state index < -0.39 is 0 Å². The van der Waals surface area contributed by atoms with E-state index in [0.717, 1.165) is 11.5 Å². The van der Waals surface area contributed by atoms with E-state index in [2.05, 4.69) is 15.5 Å². The van der Waals surface area contributed by atoms with Crippen LogP contribution in [-0.2, 0) is 18.4 Å². The number of carbonyl (C=O) groups excluding carboxylic acids is 1. The first-order valence-corrected chi connectivity index (χ1v) is 6.38. The summed E-state index contributed by atoms with van der Waals surface area (Å²) < 4.78 is 6.90. The Morgan fingerprint density at radius 3 is 2.90 bits per heavy atom. The van der Waals surface area contributed by atoms with Crippen molar-refractivity contribution in [1.29, 1.82) is 0 Å². The fraction of sp³-hybridized carbons (Fsp3) is 0.462. The highest BCUT2D eigenvalue weighted by atomic mass is 16.5. The normalized spacial score (nSPS) is 12.7. The molecule has 0 bridgehead atoms. The largest absolute Gasteiger partial charge is 0.338 e. The second kappa shape index (κ2) is 5.87. The van der Waals surface area contributed by atoms with Gasteiger partial charge in [-0.25, -0.2) is 4.98 Å². The number of amides is 1. The van der Waals surface area contributed by atoms with Crippen molar-refractivity contribution >= 4 is 11.8 Å². The van der Waals surface area contributed by atoms with Crippen LogP contribution in [0.5, 0.6) is 0 Å². The van der Waals surface area contributed by atoms with Crippen molar-refractivity contribution in [1.82, 2.24) is 19.6 Å². The summed E-state index contributed by atoms with van der Waals surface area (Å²) in [5, 5.41) is 6.43. The zero-order valence-corrected chi connectivity index (χ0v) is 12.1. The lowest BCUT2D eigenvalue weighted by Crippen LogP contribution is -2.39. The molecule has 20 heavy (non-hydrogen) atoms. The molecule has 108 valence electrons. The Balaban J connectivity index is 1.94. The lowest BCUT2D eigenvalue weighted by atomic mass is 10.2. The summed E-state index contributed by atoms with van der Waals surface area (Å²) in [5.41, 5.74) is 0.731. The number of nitrogens with zero attached hydrogens (tertiary/aromatic N) is 4. The Morgan fingerprint density at radius 2 is 2.35 bits per heavy atom. The molecule has 1 atom stereocenters. The average Bonchev–Trinajstić information content (AvgIpc) is 2.98. The molecule has 0 saturated heterocycles. The second-order valence-electron chi connectivity index (χ2n) is 4.87. The summed E-state index contributed by atoms with van der Waals surface area (Å²) in [6.07, 6.45) is 3.62. The molecule has 0 aliphatic rings. The first-order chi connectivity index (χ1) is 9.47. The molecule has 2 aromatic heterocycles. The van der Waals surface area contributed by atoms with Crippen molar-refractivity contribution in [2.75, 3.05) is 12.4 Å². The van der Waals surface area contributed by atoms with E-state index in [9.17, 15) is 4.79 Å². The number of nitrogens with one attached hydrogen (secondary N) is 1. The predicted molar refractivity (Wildman–Crippen MR) is 74.0 cm³/mol. The highest BCUT2D eigenvalue weighted by Gasteiger charge is 2.20. The second-order valence-corrected chi connectivity index (χ2v) is 4.87. The number of carbonyl (C=O) groups is 1. The monoisotopic (exact) mass is 277 g/mol. The Labute approximate surface area is 117 Å². The maximum absolute atomic E-state index is 12.1. The molecule has 1 unspecified atom stereocenters. The van der Waals surface area contributed by atoms with Gasteiger partial charge in [0.05, 0.1) is 18.3 Å². The van der Waals surface area contributed by atoms with Crippen molar-refractivity contribution in [2.24, 2.45) is 7.05 Å². The number of anilines is 1. The van der Waals surface area contributed by atoms with Gasteiger partial charge in [-0.3, -0.25) is 15.0 Å². The first kappa shape index (κ1) is 14.3. The summed E-state index contributed by atoms with van der Waals surface area (Å²) in [7, 11) is 3.81. The third kappa shape index (κ3) is 3.24. The van der Waals surface area contributed by atoms with Crippen LogP contribution in [0.25, 0.3) is 0 Å². The summed E-state index contributed by atoms with van der Waals surface area (Å²) in [6, 6.07) is 1.38. The predicted octanol–water partition coefficient (Wildman–Crippen LogP) is 1.18. The Kier molecular flexibility index (Phi) is 4.19. The van der Waals surface area contributed by atoms with Gasteiger partial charge in [-0.15, -0.1) is 0 Å². The van der Waals surface area contributed by atoms with Crippen LogP contribution in [0, 0.1) is 6.92 Å². The molecule has 1 N–H and O–H groups in total. The van der Waals surface area contributed by atoms with Crippen LogP contribution < -0.4 is 5.32 Å². The number of aromatic nitrogens is 3. The number of hydrogen-bond donors (Lipinski definition) is 1. The van der Waals surface area contributed by atoms with Gasteiger partial charge in [-0.2, -0.15) is 0 Å². The topological polar surface area (TPSA) is 76.2 Å². The van der Waals surface area contributed by atoms with Crippen LogP contribution in [0.1, 0.15) is 18.4 Å². The van der Waals surface area contributed by atoms with Gasteiger partial charge in [-0.1, -0.05) is 5.16 Å². The molecule has 2 rings (SSSR count). The number of rotatable bonds is 5. The van der Waals surface area contributed by atoms with E-state index in [4.69, 9.17) is 4.52 Å². The van der Waals surface area contributed by atoms with Crippen molar-refractivity contribution in [2.45, 2.75) is 26.4 Å². The van der Waals surface area contributed by atoms with Gasteiger partial charge < -0.3 is 9.09 Å². The summed E-state index contributed by atoms with van der Waals surface area (Å²) in [6.45, 7) is 4.23. The van der Waals surface area contributed by atoms with Crippen molar-refractivity contribution < 1.29 is 9.32 Å². The minimum absolute atomic E-state index is 0.141. The summed E-state index contributed by atoms with van der Waals surface area (Å²) >= 11 is 0. The van der Waals surface area contributed by atoms with Crippen LogP contribution in [0.3, 0.4) is 0 Å². The third-order valence-corrected chi connectivity index (χ3v) is 3.23.